The van der Waals surface area contributed by atoms with E-state index in [2.05, 4.69) is 38.7 Å². The van der Waals surface area contributed by atoms with Gasteiger partial charge >= 0.3 is 0 Å². The van der Waals surface area contributed by atoms with Crippen molar-refractivity contribution in [2.45, 2.75) is 38.8 Å². The molecule has 1 amide bonds. The molecule has 4 rings (SSSR count). The number of nitrogens with one attached hydrogen (secondary N) is 2. The fourth-order valence-corrected chi connectivity index (χ4v) is 3.41. The average Bonchev–Trinajstić information content (AvgIpc) is 3.10. The van der Waals surface area contributed by atoms with Gasteiger partial charge in [0.2, 0.25) is 5.91 Å². The number of hydrogen-bond donors (Lipinski definition) is 2. The number of carbonyl (C=O) groups is 1. The first-order valence-corrected chi connectivity index (χ1v) is 8.85. The molecule has 0 aliphatic heterocycles. The highest BCUT2D eigenvalue weighted by molar-refractivity contribution is 7.18. The second kappa shape index (κ2) is 6.20. The largest absolute Gasteiger partial charge is 0.352 e. The SMILES string of the molecule is CCc1cc2c(Nc3cnn(CC(=O)NC4CC4)c3)ncnc2s1. The van der Waals surface area contributed by atoms with Gasteiger partial charge in [0, 0.05) is 17.1 Å². The van der Waals surface area contributed by atoms with E-state index in [9.17, 15) is 4.79 Å². The van der Waals surface area contributed by atoms with E-state index < -0.39 is 0 Å². The summed E-state index contributed by atoms with van der Waals surface area (Å²) >= 11 is 1.68. The van der Waals surface area contributed by atoms with Crippen molar-refractivity contribution in [3.63, 3.8) is 0 Å². The zero-order valence-corrected chi connectivity index (χ0v) is 14.1. The van der Waals surface area contributed by atoms with Gasteiger partial charge in [-0.1, -0.05) is 6.92 Å². The Bertz CT molecular complexity index is 882. The molecular formula is C16H18N6OS. The standard InChI is InChI=1S/C16H18N6OS/c1-2-12-5-13-15(17-9-18-16(13)24-12)21-11-6-19-22(7-11)8-14(23)20-10-3-4-10/h5-7,9-10H,2-4,8H2,1H3,(H,20,23)(H,17,18,21). The van der Waals surface area contributed by atoms with Crippen molar-refractivity contribution in [2.75, 3.05) is 5.32 Å². The molecule has 2 N–H and O–H groups in total. The van der Waals surface area contributed by atoms with Crippen LogP contribution in [0.4, 0.5) is 11.5 Å². The quantitative estimate of drug-likeness (QED) is 0.719. The number of aryl methyl sites for hydroxylation is 1. The first-order chi connectivity index (χ1) is 11.7. The number of nitrogens with zero attached hydrogens (tertiary/aromatic N) is 4. The van der Waals surface area contributed by atoms with E-state index >= 15 is 0 Å². The summed E-state index contributed by atoms with van der Waals surface area (Å²) in [5.74, 6) is 0.764. The third-order valence-corrected chi connectivity index (χ3v) is 5.06. The summed E-state index contributed by atoms with van der Waals surface area (Å²) in [5.41, 5.74) is 0.804. The maximum Gasteiger partial charge on any atom is 0.241 e. The van der Waals surface area contributed by atoms with Gasteiger partial charge in [-0.25, -0.2) is 9.97 Å². The van der Waals surface area contributed by atoms with Crippen LogP contribution in [0.3, 0.4) is 0 Å². The fraction of sp³-hybridized carbons (Fsp3) is 0.375. The van der Waals surface area contributed by atoms with Crippen molar-refractivity contribution in [1.29, 1.82) is 0 Å². The van der Waals surface area contributed by atoms with Gasteiger partial charge in [0.25, 0.3) is 0 Å². The number of hydrogen-bond acceptors (Lipinski definition) is 6. The predicted octanol–water partition coefficient (Wildman–Crippen LogP) is 2.47. The van der Waals surface area contributed by atoms with Crippen LogP contribution in [0.25, 0.3) is 10.2 Å². The molecule has 0 saturated heterocycles. The van der Waals surface area contributed by atoms with Gasteiger partial charge in [0.05, 0.1) is 17.3 Å². The van der Waals surface area contributed by atoms with E-state index in [1.165, 1.54) is 4.88 Å². The van der Waals surface area contributed by atoms with Crippen LogP contribution in [0.15, 0.2) is 24.8 Å². The Morgan fingerprint density at radius 3 is 3.08 bits per heavy atom. The lowest BCUT2D eigenvalue weighted by atomic mass is 10.3. The Balaban J connectivity index is 1.49. The van der Waals surface area contributed by atoms with Crippen LogP contribution < -0.4 is 10.6 Å². The molecule has 24 heavy (non-hydrogen) atoms. The highest BCUT2D eigenvalue weighted by atomic mass is 32.1. The van der Waals surface area contributed by atoms with Crippen molar-refractivity contribution in [3.05, 3.63) is 29.7 Å². The lowest BCUT2D eigenvalue weighted by molar-refractivity contribution is -0.122. The lowest BCUT2D eigenvalue weighted by Gasteiger charge is -2.04. The van der Waals surface area contributed by atoms with Crippen LogP contribution in [-0.4, -0.2) is 31.7 Å². The molecule has 124 valence electrons. The Morgan fingerprint density at radius 2 is 2.29 bits per heavy atom. The maximum atomic E-state index is 11.8. The molecule has 0 unspecified atom stereocenters. The van der Waals surface area contributed by atoms with Gasteiger partial charge in [0.1, 0.15) is 23.5 Å². The molecule has 0 radical (unpaired) electrons. The van der Waals surface area contributed by atoms with Gasteiger partial charge < -0.3 is 10.6 Å². The van der Waals surface area contributed by atoms with E-state index in [4.69, 9.17) is 0 Å². The number of carbonyl (C=O) groups excluding carboxylic acids is 1. The Labute approximate surface area is 143 Å². The molecule has 0 aromatic carbocycles. The second-order valence-corrected chi connectivity index (χ2v) is 7.02. The number of aromatic nitrogens is 4. The molecule has 0 bridgehead atoms. The first kappa shape index (κ1) is 15.1. The molecule has 1 aliphatic rings. The summed E-state index contributed by atoms with van der Waals surface area (Å²) in [6, 6.07) is 2.49. The van der Waals surface area contributed by atoms with Crippen molar-refractivity contribution in [2.24, 2.45) is 0 Å². The third-order valence-electron chi connectivity index (χ3n) is 3.87. The Kier molecular flexibility index (Phi) is 3.89. The smallest absolute Gasteiger partial charge is 0.241 e. The minimum atomic E-state index is 0.00185. The minimum Gasteiger partial charge on any atom is -0.352 e. The zero-order chi connectivity index (χ0) is 16.5. The summed E-state index contributed by atoms with van der Waals surface area (Å²) in [4.78, 5) is 22.7. The fourth-order valence-electron chi connectivity index (χ4n) is 2.48. The molecule has 3 aromatic rings. The third kappa shape index (κ3) is 3.23. The molecule has 3 heterocycles. The van der Waals surface area contributed by atoms with Crippen molar-refractivity contribution >= 4 is 39.0 Å². The molecular weight excluding hydrogens is 324 g/mol. The number of anilines is 2. The topological polar surface area (TPSA) is 84.7 Å². The van der Waals surface area contributed by atoms with Crippen molar-refractivity contribution in [1.82, 2.24) is 25.1 Å². The summed E-state index contributed by atoms with van der Waals surface area (Å²) in [7, 11) is 0. The maximum absolute atomic E-state index is 11.8. The lowest BCUT2D eigenvalue weighted by Crippen LogP contribution is -2.29. The van der Waals surface area contributed by atoms with Crippen LogP contribution in [0.5, 0.6) is 0 Å². The van der Waals surface area contributed by atoms with Crippen LogP contribution in [0.2, 0.25) is 0 Å². The molecule has 1 aliphatic carbocycles. The molecule has 1 saturated carbocycles. The summed E-state index contributed by atoms with van der Waals surface area (Å²) in [6.07, 6.45) is 8.23. The van der Waals surface area contributed by atoms with Gasteiger partial charge in [-0.3, -0.25) is 9.48 Å². The van der Waals surface area contributed by atoms with Crippen LogP contribution in [0.1, 0.15) is 24.6 Å². The van der Waals surface area contributed by atoms with Crippen LogP contribution in [-0.2, 0) is 17.8 Å². The molecule has 7 nitrogen and oxygen atoms in total. The molecule has 3 aromatic heterocycles. The summed E-state index contributed by atoms with van der Waals surface area (Å²) in [5, 5.41) is 11.5. The number of rotatable bonds is 6. The second-order valence-electron chi connectivity index (χ2n) is 5.90. The van der Waals surface area contributed by atoms with Gasteiger partial charge in [0.15, 0.2) is 0 Å². The Hall–Kier alpha value is -2.48. The highest BCUT2D eigenvalue weighted by Crippen LogP contribution is 2.29. The highest BCUT2D eigenvalue weighted by Gasteiger charge is 2.23. The van der Waals surface area contributed by atoms with Crippen molar-refractivity contribution < 1.29 is 4.79 Å². The van der Waals surface area contributed by atoms with Gasteiger partial charge in [-0.05, 0) is 25.3 Å². The number of thiophene rings is 1. The molecule has 1 fully saturated rings. The van der Waals surface area contributed by atoms with E-state index in [1.807, 2.05) is 6.20 Å². The molecule has 8 heteroatoms. The van der Waals surface area contributed by atoms with E-state index in [-0.39, 0.29) is 12.5 Å². The molecule has 0 atom stereocenters. The molecule has 0 spiro atoms. The Morgan fingerprint density at radius 1 is 1.42 bits per heavy atom. The zero-order valence-electron chi connectivity index (χ0n) is 13.3. The summed E-state index contributed by atoms with van der Waals surface area (Å²) < 4.78 is 1.63. The number of fused-ring (bicyclic) bond motifs is 1. The first-order valence-electron chi connectivity index (χ1n) is 8.03. The minimum absolute atomic E-state index is 0.00185. The average molecular weight is 342 g/mol. The predicted molar refractivity (Wildman–Crippen MR) is 93.5 cm³/mol. The van der Waals surface area contributed by atoms with Gasteiger partial charge in [-0.2, -0.15) is 5.10 Å². The van der Waals surface area contributed by atoms with E-state index in [0.717, 1.165) is 41.0 Å². The van der Waals surface area contributed by atoms with Crippen molar-refractivity contribution in [3.8, 4) is 0 Å². The monoisotopic (exact) mass is 342 g/mol. The van der Waals surface area contributed by atoms with Gasteiger partial charge in [-0.15, -0.1) is 11.3 Å². The van der Waals surface area contributed by atoms with Crippen LogP contribution in [0, 0.1) is 0 Å². The summed E-state index contributed by atoms with van der Waals surface area (Å²) in [6.45, 7) is 2.36. The van der Waals surface area contributed by atoms with Crippen LogP contribution >= 0.6 is 11.3 Å². The van der Waals surface area contributed by atoms with E-state index in [0.29, 0.717) is 6.04 Å². The normalized spacial score (nSPS) is 14.0. The van der Waals surface area contributed by atoms with E-state index in [1.54, 1.807) is 28.5 Å². The number of amides is 1.